The SMILES string of the molecule is Cc1csc(NC(=O)C2CC(=O)N(c3ccc(N4CCCC4)cc3)C2)n1. The number of thiazole rings is 1. The van der Waals surface area contributed by atoms with Gasteiger partial charge in [0.1, 0.15) is 0 Å². The van der Waals surface area contributed by atoms with E-state index in [0.717, 1.165) is 24.5 Å². The largest absolute Gasteiger partial charge is 0.372 e. The Kier molecular flexibility index (Phi) is 4.63. The molecule has 0 bridgehead atoms. The molecule has 1 N–H and O–H groups in total. The van der Waals surface area contributed by atoms with Crippen molar-refractivity contribution >= 4 is 39.7 Å². The lowest BCUT2D eigenvalue weighted by Gasteiger charge is -2.20. The number of benzene rings is 1. The van der Waals surface area contributed by atoms with Gasteiger partial charge in [-0.3, -0.25) is 9.59 Å². The first-order chi connectivity index (χ1) is 12.6. The first-order valence-corrected chi connectivity index (χ1v) is 9.86. The van der Waals surface area contributed by atoms with E-state index in [9.17, 15) is 9.59 Å². The third-order valence-corrected chi connectivity index (χ3v) is 5.85. The number of hydrogen-bond donors (Lipinski definition) is 1. The van der Waals surface area contributed by atoms with Crippen LogP contribution in [0.1, 0.15) is 25.0 Å². The molecule has 2 aromatic rings. The zero-order chi connectivity index (χ0) is 18.1. The monoisotopic (exact) mass is 370 g/mol. The van der Waals surface area contributed by atoms with Gasteiger partial charge in [-0.2, -0.15) is 0 Å². The second-order valence-electron chi connectivity index (χ2n) is 6.90. The molecule has 1 unspecified atom stereocenters. The highest BCUT2D eigenvalue weighted by molar-refractivity contribution is 7.13. The molecule has 7 heteroatoms. The van der Waals surface area contributed by atoms with Crippen LogP contribution in [0.4, 0.5) is 16.5 Å². The van der Waals surface area contributed by atoms with E-state index in [1.54, 1.807) is 4.90 Å². The minimum atomic E-state index is -0.343. The van der Waals surface area contributed by atoms with Gasteiger partial charge in [0.25, 0.3) is 0 Å². The van der Waals surface area contributed by atoms with E-state index in [-0.39, 0.29) is 24.2 Å². The highest BCUT2D eigenvalue weighted by atomic mass is 32.1. The average molecular weight is 370 g/mol. The summed E-state index contributed by atoms with van der Waals surface area (Å²) >= 11 is 1.40. The molecular formula is C19H22N4O2S. The molecule has 4 rings (SSSR count). The number of hydrogen-bond acceptors (Lipinski definition) is 5. The Hall–Kier alpha value is -2.41. The maximum Gasteiger partial charge on any atom is 0.231 e. The van der Waals surface area contributed by atoms with Gasteiger partial charge in [0.15, 0.2) is 5.13 Å². The summed E-state index contributed by atoms with van der Waals surface area (Å²) in [5, 5.41) is 5.31. The number of amides is 2. The van der Waals surface area contributed by atoms with Crippen LogP contribution in [0.15, 0.2) is 29.6 Å². The van der Waals surface area contributed by atoms with Gasteiger partial charge in [-0.05, 0) is 44.0 Å². The van der Waals surface area contributed by atoms with Gasteiger partial charge < -0.3 is 15.1 Å². The molecule has 2 saturated heterocycles. The average Bonchev–Trinajstić information content (AvgIpc) is 3.37. The van der Waals surface area contributed by atoms with Crippen molar-refractivity contribution in [1.29, 1.82) is 0 Å². The number of aromatic nitrogens is 1. The summed E-state index contributed by atoms with van der Waals surface area (Å²) in [7, 11) is 0. The lowest BCUT2D eigenvalue weighted by atomic mass is 10.1. The minimum absolute atomic E-state index is 0.00519. The molecule has 2 fully saturated rings. The first-order valence-electron chi connectivity index (χ1n) is 8.98. The van der Waals surface area contributed by atoms with Crippen LogP contribution in [0.3, 0.4) is 0 Å². The molecule has 0 spiro atoms. The fourth-order valence-electron chi connectivity index (χ4n) is 3.57. The van der Waals surface area contributed by atoms with Crippen molar-refractivity contribution in [1.82, 2.24) is 4.98 Å². The number of anilines is 3. The van der Waals surface area contributed by atoms with Gasteiger partial charge in [-0.25, -0.2) is 4.98 Å². The molecule has 1 atom stereocenters. The van der Waals surface area contributed by atoms with E-state index in [1.807, 2.05) is 24.4 Å². The first kappa shape index (κ1) is 17.0. The summed E-state index contributed by atoms with van der Waals surface area (Å²) in [6, 6.07) is 8.10. The predicted molar refractivity (Wildman–Crippen MR) is 104 cm³/mol. The fraction of sp³-hybridized carbons (Fsp3) is 0.421. The number of aryl methyl sites for hydroxylation is 1. The van der Waals surface area contributed by atoms with Crippen molar-refractivity contribution in [2.45, 2.75) is 26.2 Å². The smallest absolute Gasteiger partial charge is 0.231 e. The van der Waals surface area contributed by atoms with Crippen LogP contribution in [0.2, 0.25) is 0 Å². The molecule has 3 heterocycles. The van der Waals surface area contributed by atoms with Crippen LogP contribution in [0, 0.1) is 12.8 Å². The lowest BCUT2D eigenvalue weighted by molar-refractivity contribution is -0.122. The molecule has 0 saturated carbocycles. The molecule has 1 aromatic heterocycles. The maximum atomic E-state index is 12.4. The number of nitrogens with one attached hydrogen (secondary N) is 1. The van der Waals surface area contributed by atoms with Gasteiger partial charge in [0.2, 0.25) is 11.8 Å². The van der Waals surface area contributed by atoms with Crippen molar-refractivity contribution in [3.8, 4) is 0 Å². The Labute approximate surface area is 156 Å². The van der Waals surface area contributed by atoms with Gasteiger partial charge in [-0.15, -0.1) is 11.3 Å². The van der Waals surface area contributed by atoms with E-state index >= 15 is 0 Å². The summed E-state index contributed by atoms with van der Waals surface area (Å²) in [4.78, 5) is 33.2. The Morgan fingerprint density at radius 3 is 2.54 bits per heavy atom. The van der Waals surface area contributed by atoms with Crippen molar-refractivity contribution in [2.24, 2.45) is 5.92 Å². The van der Waals surface area contributed by atoms with Crippen LogP contribution < -0.4 is 15.1 Å². The third-order valence-electron chi connectivity index (χ3n) is 4.98. The summed E-state index contributed by atoms with van der Waals surface area (Å²) in [6.45, 7) is 4.50. The van der Waals surface area contributed by atoms with E-state index in [2.05, 4.69) is 27.3 Å². The van der Waals surface area contributed by atoms with E-state index in [1.165, 1.54) is 29.9 Å². The molecule has 2 aliphatic heterocycles. The number of carbonyl (C=O) groups is 2. The number of carbonyl (C=O) groups excluding carboxylic acids is 2. The number of rotatable bonds is 4. The van der Waals surface area contributed by atoms with E-state index in [0.29, 0.717) is 11.7 Å². The molecule has 1 aromatic carbocycles. The van der Waals surface area contributed by atoms with Crippen molar-refractivity contribution in [2.75, 3.05) is 34.8 Å². The van der Waals surface area contributed by atoms with Crippen LogP contribution in [0.25, 0.3) is 0 Å². The van der Waals surface area contributed by atoms with Crippen LogP contribution in [-0.2, 0) is 9.59 Å². The fourth-order valence-corrected chi connectivity index (χ4v) is 4.26. The zero-order valence-corrected chi connectivity index (χ0v) is 15.6. The summed E-state index contributed by atoms with van der Waals surface area (Å²) in [5.74, 6) is -0.483. The molecule has 136 valence electrons. The second kappa shape index (κ2) is 7.07. The van der Waals surface area contributed by atoms with Crippen LogP contribution >= 0.6 is 11.3 Å². The molecule has 2 aliphatic rings. The van der Waals surface area contributed by atoms with Crippen molar-refractivity contribution in [3.63, 3.8) is 0 Å². The highest BCUT2D eigenvalue weighted by Gasteiger charge is 2.35. The van der Waals surface area contributed by atoms with Gasteiger partial charge in [0.05, 0.1) is 11.6 Å². The third kappa shape index (κ3) is 3.44. The van der Waals surface area contributed by atoms with Gasteiger partial charge in [0, 0.05) is 42.8 Å². The summed E-state index contributed by atoms with van der Waals surface area (Å²) in [5.41, 5.74) is 2.94. The second-order valence-corrected chi connectivity index (χ2v) is 7.76. The normalized spacial score (nSPS) is 20.0. The molecule has 26 heavy (non-hydrogen) atoms. The van der Waals surface area contributed by atoms with Gasteiger partial charge in [-0.1, -0.05) is 0 Å². The zero-order valence-electron chi connectivity index (χ0n) is 14.8. The lowest BCUT2D eigenvalue weighted by Crippen LogP contribution is -2.28. The van der Waals surface area contributed by atoms with Gasteiger partial charge >= 0.3 is 0 Å². The Morgan fingerprint density at radius 1 is 1.19 bits per heavy atom. The van der Waals surface area contributed by atoms with Crippen molar-refractivity contribution < 1.29 is 9.59 Å². The molecule has 0 radical (unpaired) electrons. The van der Waals surface area contributed by atoms with Crippen LogP contribution in [0.5, 0.6) is 0 Å². The Bertz CT molecular complexity index is 811. The highest BCUT2D eigenvalue weighted by Crippen LogP contribution is 2.29. The molecule has 6 nitrogen and oxygen atoms in total. The molecule has 0 aliphatic carbocycles. The van der Waals surface area contributed by atoms with Crippen molar-refractivity contribution in [3.05, 3.63) is 35.3 Å². The van der Waals surface area contributed by atoms with E-state index in [4.69, 9.17) is 0 Å². The molecular weight excluding hydrogens is 348 g/mol. The van der Waals surface area contributed by atoms with E-state index < -0.39 is 0 Å². The Balaban J connectivity index is 1.41. The molecule has 2 amide bonds. The Morgan fingerprint density at radius 2 is 1.88 bits per heavy atom. The quantitative estimate of drug-likeness (QED) is 0.898. The summed E-state index contributed by atoms with van der Waals surface area (Å²) < 4.78 is 0. The summed E-state index contributed by atoms with van der Waals surface area (Å²) in [6.07, 6.45) is 2.72. The standard InChI is InChI=1S/C19H22N4O2S/c1-13-12-26-19(20-13)21-18(25)14-10-17(24)23(11-14)16-6-4-15(5-7-16)22-8-2-3-9-22/h4-7,12,14H,2-3,8-11H2,1H3,(H,20,21,25). The topological polar surface area (TPSA) is 65.5 Å². The number of nitrogens with zero attached hydrogens (tertiary/aromatic N) is 3. The van der Waals surface area contributed by atoms with Crippen LogP contribution in [-0.4, -0.2) is 36.4 Å². The minimum Gasteiger partial charge on any atom is -0.372 e. The maximum absolute atomic E-state index is 12.4. The predicted octanol–water partition coefficient (Wildman–Crippen LogP) is 3.04.